The van der Waals surface area contributed by atoms with E-state index in [-0.39, 0.29) is 30.6 Å². The van der Waals surface area contributed by atoms with Crippen LogP contribution in [-0.4, -0.2) is 63.2 Å². The third-order valence-electron chi connectivity index (χ3n) is 6.74. The molecular weight excluding hydrogens is 652 g/mol. The molecule has 10 nitrogen and oxygen atoms in total. The lowest BCUT2D eigenvalue weighted by Gasteiger charge is -2.13. The highest BCUT2D eigenvalue weighted by Crippen LogP contribution is 2.29. The SMILES string of the molecule is C=C(C)C(=O)OC.C=C(C)C(=O)OC(C)OCCCC.C=C(C)C(=O)OCC1CO1.C=C(C)C(=O)OCc1c2ccccc2cc2ccccc12. The monoisotopic (exact) mass is 704 g/mol. The maximum atomic E-state index is 11.7. The van der Waals surface area contributed by atoms with Crippen molar-refractivity contribution in [2.24, 2.45) is 0 Å². The van der Waals surface area contributed by atoms with Gasteiger partial charge in [-0.05, 0) is 68.7 Å². The number of carbonyl (C=O) groups excluding carboxylic acids is 4. The molecule has 51 heavy (non-hydrogen) atoms. The van der Waals surface area contributed by atoms with Gasteiger partial charge >= 0.3 is 23.9 Å². The molecule has 0 radical (unpaired) electrons. The van der Waals surface area contributed by atoms with Crippen molar-refractivity contribution in [1.29, 1.82) is 0 Å². The zero-order valence-electron chi connectivity index (χ0n) is 31.0. The predicted molar refractivity (Wildman–Crippen MR) is 200 cm³/mol. The standard InChI is InChI=1S/C19H16O2.C10H18O3.C7H10O3.C5H8O2/c1-13(2)19(20)21-12-18-16-9-5-3-7-14(16)11-15-8-4-6-10-17(15)18;1-5-6-7-12-9(4)13-10(11)8(2)3;1-5(2)7(8)10-4-6-3-9-6;1-4(2)5(6)7-3/h3-11H,1,12H2,2H3;9H,2,5-7H2,1,3-4H3;6H,1,3-4H2,2H3;1H2,2-3H3. The zero-order valence-corrected chi connectivity index (χ0v) is 31.0. The average Bonchev–Trinajstić information content (AvgIpc) is 3.94. The Morgan fingerprint density at radius 1 is 0.765 bits per heavy atom. The number of epoxide rings is 1. The van der Waals surface area contributed by atoms with E-state index in [0.29, 0.717) is 42.1 Å². The number of hydrogen-bond acceptors (Lipinski definition) is 10. The van der Waals surface area contributed by atoms with E-state index >= 15 is 0 Å². The van der Waals surface area contributed by atoms with Crippen LogP contribution in [0.2, 0.25) is 0 Å². The summed E-state index contributed by atoms with van der Waals surface area (Å²) < 4.78 is 29.4. The summed E-state index contributed by atoms with van der Waals surface area (Å²) >= 11 is 0. The number of unbranched alkanes of at least 4 members (excludes halogenated alkanes) is 1. The highest BCUT2D eigenvalue weighted by atomic mass is 16.7. The van der Waals surface area contributed by atoms with Crippen molar-refractivity contribution in [3.8, 4) is 0 Å². The molecule has 2 atom stereocenters. The molecule has 1 aliphatic heterocycles. The Balaban J connectivity index is 0.000000373. The second kappa shape index (κ2) is 23.4. The Hall–Kier alpha value is -5.06. The van der Waals surface area contributed by atoms with E-state index in [1.807, 2.05) is 24.3 Å². The van der Waals surface area contributed by atoms with Crippen LogP contribution in [0.25, 0.3) is 21.5 Å². The second-order valence-electron chi connectivity index (χ2n) is 11.7. The van der Waals surface area contributed by atoms with Crippen molar-refractivity contribution in [1.82, 2.24) is 0 Å². The van der Waals surface area contributed by atoms with Gasteiger partial charge in [-0.1, -0.05) is 88.2 Å². The molecule has 2 unspecified atom stereocenters. The van der Waals surface area contributed by atoms with Gasteiger partial charge in [-0.15, -0.1) is 0 Å². The van der Waals surface area contributed by atoms with Crippen LogP contribution in [0.15, 0.2) is 103 Å². The minimum atomic E-state index is -0.476. The van der Waals surface area contributed by atoms with Gasteiger partial charge in [0.05, 0.1) is 20.3 Å². The van der Waals surface area contributed by atoms with Crippen molar-refractivity contribution >= 4 is 45.4 Å². The van der Waals surface area contributed by atoms with Crippen LogP contribution in [0.5, 0.6) is 0 Å². The third kappa shape index (κ3) is 17.4. The van der Waals surface area contributed by atoms with Crippen LogP contribution in [0.4, 0.5) is 0 Å². The topological polar surface area (TPSA) is 127 Å². The smallest absolute Gasteiger partial charge is 0.335 e. The highest BCUT2D eigenvalue weighted by Gasteiger charge is 2.24. The third-order valence-corrected chi connectivity index (χ3v) is 6.74. The molecular formula is C41H52O10. The molecule has 1 fully saturated rings. The molecule has 0 saturated carbocycles. The number of methoxy groups -OCH3 is 1. The van der Waals surface area contributed by atoms with E-state index in [1.54, 1.807) is 34.6 Å². The summed E-state index contributed by atoms with van der Waals surface area (Å²) in [5.41, 5.74) is 2.71. The van der Waals surface area contributed by atoms with Gasteiger partial charge in [0, 0.05) is 27.9 Å². The van der Waals surface area contributed by atoms with Crippen LogP contribution in [0.3, 0.4) is 0 Å². The fraction of sp³-hybridized carbons (Fsp3) is 0.366. The molecule has 0 aromatic heterocycles. The number of benzene rings is 3. The summed E-state index contributed by atoms with van der Waals surface area (Å²) in [5.74, 6) is -1.44. The summed E-state index contributed by atoms with van der Waals surface area (Å²) in [6.45, 7) is 26.1. The van der Waals surface area contributed by atoms with Gasteiger partial charge < -0.3 is 28.4 Å². The van der Waals surface area contributed by atoms with E-state index in [4.69, 9.17) is 23.7 Å². The first-order valence-corrected chi connectivity index (χ1v) is 16.5. The summed E-state index contributed by atoms with van der Waals surface area (Å²) in [7, 11) is 1.33. The molecule has 0 aliphatic carbocycles. The lowest BCUT2D eigenvalue weighted by molar-refractivity contribution is -0.170. The first-order chi connectivity index (χ1) is 24.1. The van der Waals surface area contributed by atoms with Crippen LogP contribution in [0, 0.1) is 0 Å². The number of rotatable bonds is 13. The number of fused-ring (bicyclic) bond motifs is 2. The largest absolute Gasteiger partial charge is 0.466 e. The highest BCUT2D eigenvalue weighted by molar-refractivity contribution is 6.02. The first-order valence-electron chi connectivity index (χ1n) is 16.5. The molecule has 3 aromatic rings. The number of carbonyl (C=O) groups is 4. The Kier molecular flexibility index (Phi) is 20.1. The van der Waals surface area contributed by atoms with Gasteiger partial charge in [0.1, 0.15) is 19.3 Å². The lowest BCUT2D eigenvalue weighted by atomic mass is 9.97. The van der Waals surface area contributed by atoms with Crippen molar-refractivity contribution in [2.75, 3.05) is 26.9 Å². The average molecular weight is 705 g/mol. The van der Waals surface area contributed by atoms with Crippen LogP contribution >= 0.6 is 0 Å². The Morgan fingerprint density at radius 3 is 1.65 bits per heavy atom. The summed E-state index contributed by atoms with van der Waals surface area (Å²) in [5, 5.41) is 4.53. The van der Waals surface area contributed by atoms with Crippen LogP contribution in [0.1, 0.15) is 59.9 Å². The number of esters is 4. The van der Waals surface area contributed by atoms with Gasteiger partial charge in [-0.2, -0.15) is 0 Å². The van der Waals surface area contributed by atoms with Crippen molar-refractivity contribution in [3.05, 3.63) is 109 Å². The molecule has 0 N–H and O–H groups in total. The minimum Gasteiger partial charge on any atom is -0.466 e. The Bertz CT molecular complexity index is 1630. The molecule has 4 rings (SSSR count). The molecule has 0 amide bonds. The molecule has 0 spiro atoms. The van der Waals surface area contributed by atoms with Crippen molar-refractivity contribution in [3.63, 3.8) is 0 Å². The molecule has 3 aromatic carbocycles. The molecule has 1 saturated heterocycles. The quantitative estimate of drug-likeness (QED) is 0.0327. The normalized spacial score (nSPS) is 12.9. The van der Waals surface area contributed by atoms with E-state index in [1.165, 1.54) is 7.11 Å². The number of ether oxygens (including phenoxy) is 6. The van der Waals surface area contributed by atoms with E-state index in [2.05, 4.69) is 68.3 Å². The Labute approximate surface area is 301 Å². The van der Waals surface area contributed by atoms with Crippen molar-refractivity contribution in [2.45, 2.75) is 73.4 Å². The summed E-state index contributed by atoms with van der Waals surface area (Å²) in [4.78, 5) is 43.5. The van der Waals surface area contributed by atoms with E-state index in [0.717, 1.165) is 39.9 Å². The Morgan fingerprint density at radius 2 is 1.24 bits per heavy atom. The minimum absolute atomic E-state index is 0.142. The molecule has 1 aliphatic rings. The molecule has 10 heteroatoms. The van der Waals surface area contributed by atoms with Crippen molar-refractivity contribution < 1.29 is 47.6 Å². The predicted octanol–water partition coefficient (Wildman–Crippen LogP) is 8.12. The molecule has 276 valence electrons. The van der Waals surface area contributed by atoms with Gasteiger partial charge in [-0.3, -0.25) is 0 Å². The number of hydrogen-bond donors (Lipinski definition) is 0. The van der Waals surface area contributed by atoms with E-state index < -0.39 is 12.3 Å². The van der Waals surface area contributed by atoms with Gasteiger partial charge in [0.15, 0.2) is 6.29 Å². The first kappa shape index (κ1) is 44.0. The fourth-order valence-corrected chi connectivity index (χ4v) is 3.83. The second-order valence-corrected chi connectivity index (χ2v) is 11.7. The van der Waals surface area contributed by atoms with Gasteiger partial charge in [-0.25, -0.2) is 19.2 Å². The zero-order chi connectivity index (χ0) is 38.5. The maximum Gasteiger partial charge on any atom is 0.335 e. The van der Waals surface area contributed by atoms with Gasteiger partial charge in [0.25, 0.3) is 0 Å². The van der Waals surface area contributed by atoms with Crippen LogP contribution < -0.4 is 0 Å². The maximum absolute atomic E-state index is 11.7. The summed E-state index contributed by atoms with van der Waals surface area (Å²) in [6.07, 6.45) is 1.72. The summed E-state index contributed by atoms with van der Waals surface area (Å²) in [6, 6.07) is 18.5. The molecule has 1 heterocycles. The van der Waals surface area contributed by atoms with Crippen LogP contribution in [-0.2, 0) is 54.2 Å². The van der Waals surface area contributed by atoms with E-state index in [9.17, 15) is 19.2 Å². The fourth-order valence-electron chi connectivity index (χ4n) is 3.83. The molecule has 0 bridgehead atoms. The van der Waals surface area contributed by atoms with Gasteiger partial charge in [0.2, 0.25) is 0 Å². The lowest BCUT2D eigenvalue weighted by Crippen LogP contribution is -2.18.